The van der Waals surface area contributed by atoms with Crippen LogP contribution in [0.25, 0.3) is 0 Å². The van der Waals surface area contributed by atoms with Crippen LogP contribution in [0.4, 0.5) is 0 Å². The van der Waals surface area contributed by atoms with Gasteiger partial charge in [0.2, 0.25) is 17.7 Å². The fourth-order valence-electron chi connectivity index (χ4n) is 3.09. The summed E-state index contributed by atoms with van der Waals surface area (Å²) in [4.78, 5) is 61.1. The Labute approximate surface area is 179 Å². The molecule has 0 aliphatic carbocycles. The summed E-state index contributed by atoms with van der Waals surface area (Å²) < 4.78 is 0. The number of hydrogen-bond acceptors (Lipinski definition) is 7. The molecule has 0 aromatic heterocycles. The lowest BCUT2D eigenvalue weighted by molar-refractivity contribution is -0.145. The van der Waals surface area contributed by atoms with E-state index in [-0.39, 0.29) is 6.42 Å². The maximum atomic E-state index is 13.0. The Morgan fingerprint density at radius 3 is 2.33 bits per heavy atom. The third-order valence-electron chi connectivity index (χ3n) is 4.74. The Kier molecular flexibility index (Phi) is 10.6. The number of carbonyl (C=O) groups is 5. The molecule has 3 amide bonds. The molecule has 11 nitrogen and oxygen atoms in total. The minimum atomic E-state index is -1.36. The van der Waals surface area contributed by atoms with Crippen molar-refractivity contribution in [2.24, 2.45) is 5.73 Å². The lowest BCUT2D eigenvalue weighted by atomic mass is 10.1. The minimum absolute atomic E-state index is 0.266. The SMILES string of the molecule is CSCCC(NC(=O)C(C)N)C(=O)N1CCCC1C(=O)NC(CCC(=O)O)C(=O)O. The summed E-state index contributed by atoms with van der Waals surface area (Å²) in [5, 5.41) is 22.9. The van der Waals surface area contributed by atoms with Gasteiger partial charge in [-0.1, -0.05) is 0 Å². The standard InChI is InChI=1S/C18H30N4O7S/c1-10(19)15(25)20-11(7-9-30-2)17(27)22-8-3-4-13(22)16(26)21-12(18(28)29)5-6-14(23)24/h10-13H,3-9,19H2,1-2H3,(H,20,25)(H,21,26)(H,23,24)(H,28,29). The maximum absolute atomic E-state index is 13.0. The van der Waals surface area contributed by atoms with Crippen LogP contribution in [0.5, 0.6) is 0 Å². The van der Waals surface area contributed by atoms with Crippen LogP contribution in [0.1, 0.15) is 39.0 Å². The Morgan fingerprint density at radius 1 is 1.13 bits per heavy atom. The molecule has 1 aliphatic heterocycles. The van der Waals surface area contributed by atoms with E-state index in [9.17, 15) is 29.1 Å². The topological polar surface area (TPSA) is 179 Å². The van der Waals surface area contributed by atoms with E-state index in [1.807, 2.05) is 6.26 Å². The van der Waals surface area contributed by atoms with Gasteiger partial charge in [-0.05, 0) is 44.6 Å². The Hall–Kier alpha value is -2.34. The quantitative estimate of drug-likeness (QED) is 0.251. The first-order chi connectivity index (χ1) is 14.1. The lowest BCUT2D eigenvalue weighted by Gasteiger charge is -2.29. The number of carboxylic acid groups (broad SMARTS) is 2. The lowest BCUT2D eigenvalue weighted by Crippen LogP contribution is -2.56. The summed E-state index contributed by atoms with van der Waals surface area (Å²) >= 11 is 1.51. The Morgan fingerprint density at radius 2 is 1.80 bits per heavy atom. The monoisotopic (exact) mass is 446 g/mol. The number of rotatable bonds is 12. The molecule has 0 spiro atoms. The van der Waals surface area contributed by atoms with E-state index < -0.39 is 60.2 Å². The number of nitrogens with zero attached hydrogens (tertiary/aromatic N) is 1. The van der Waals surface area contributed by atoms with Crippen LogP contribution in [0.3, 0.4) is 0 Å². The van der Waals surface area contributed by atoms with Crippen molar-refractivity contribution in [1.29, 1.82) is 0 Å². The van der Waals surface area contributed by atoms with E-state index in [1.165, 1.54) is 23.6 Å². The highest BCUT2D eigenvalue weighted by Crippen LogP contribution is 2.20. The summed E-state index contributed by atoms with van der Waals surface area (Å²) in [6, 6.07) is -3.88. The van der Waals surface area contributed by atoms with Gasteiger partial charge in [-0.2, -0.15) is 11.8 Å². The fraction of sp³-hybridized carbons (Fsp3) is 0.722. The van der Waals surface area contributed by atoms with Gasteiger partial charge in [0.25, 0.3) is 0 Å². The number of likely N-dealkylation sites (tertiary alicyclic amines) is 1. The molecular formula is C18H30N4O7S. The highest BCUT2D eigenvalue weighted by atomic mass is 32.2. The van der Waals surface area contributed by atoms with E-state index in [2.05, 4.69) is 10.6 Å². The molecule has 170 valence electrons. The first kappa shape index (κ1) is 25.7. The van der Waals surface area contributed by atoms with Crippen LogP contribution in [0.2, 0.25) is 0 Å². The second-order valence-corrected chi connectivity index (χ2v) is 8.14. The zero-order valence-corrected chi connectivity index (χ0v) is 17.9. The first-order valence-electron chi connectivity index (χ1n) is 9.68. The van der Waals surface area contributed by atoms with Gasteiger partial charge in [-0.25, -0.2) is 4.79 Å². The van der Waals surface area contributed by atoms with E-state index in [4.69, 9.17) is 10.8 Å². The number of hydrogen-bond donors (Lipinski definition) is 5. The molecule has 0 aromatic carbocycles. The van der Waals surface area contributed by atoms with E-state index in [0.29, 0.717) is 31.6 Å². The summed E-state index contributed by atoms with van der Waals surface area (Å²) in [5.74, 6) is -3.46. The van der Waals surface area contributed by atoms with Gasteiger partial charge >= 0.3 is 11.9 Å². The van der Waals surface area contributed by atoms with Crippen molar-refractivity contribution < 1.29 is 34.2 Å². The van der Waals surface area contributed by atoms with Crippen molar-refractivity contribution in [3.63, 3.8) is 0 Å². The summed E-state index contributed by atoms with van der Waals surface area (Å²) in [5.41, 5.74) is 5.57. The molecule has 1 aliphatic rings. The zero-order chi connectivity index (χ0) is 22.8. The smallest absolute Gasteiger partial charge is 0.326 e. The number of thioether (sulfide) groups is 1. The molecule has 12 heteroatoms. The predicted molar refractivity (Wildman–Crippen MR) is 110 cm³/mol. The highest BCUT2D eigenvalue weighted by Gasteiger charge is 2.38. The van der Waals surface area contributed by atoms with Crippen molar-refractivity contribution in [3.8, 4) is 0 Å². The van der Waals surface area contributed by atoms with Crippen molar-refractivity contribution in [3.05, 3.63) is 0 Å². The molecule has 4 atom stereocenters. The van der Waals surface area contributed by atoms with Crippen molar-refractivity contribution in [1.82, 2.24) is 15.5 Å². The Balaban J connectivity index is 2.88. The number of nitrogens with two attached hydrogens (primary N) is 1. The molecule has 30 heavy (non-hydrogen) atoms. The number of amides is 3. The van der Waals surface area contributed by atoms with Gasteiger partial charge in [0, 0.05) is 13.0 Å². The van der Waals surface area contributed by atoms with Gasteiger partial charge in [0.05, 0.1) is 6.04 Å². The summed E-state index contributed by atoms with van der Waals surface area (Å²) in [7, 11) is 0. The van der Waals surface area contributed by atoms with Gasteiger partial charge in [0.1, 0.15) is 18.1 Å². The second-order valence-electron chi connectivity index (χ2n) is 7.15. The normalized spacial score (nSPS) is 18.9. The van der Waals surface area contributed by atoms with Crippen LogP contribution in [0, 0.1) is 0 Å². The van der Waals surface area contributed by atoms with Crippen molar-refractivity contribution in [2.45, 2.75) is 63.2 Å². The molecule has 6 N–H and O–H groups in total. The third kappa shape index (κ3) is 7.82. The van der Waals surface area contributed by atoms with Crippen LogP contribution in [0.15, 0.2) is 0 Å². The molecule has 1 rings (SSSR count). The number of carbonyl (C=O) groups excluding carboxylic acids is 3. The molecule has 1 saturated heterocycles. The average Bonchev–Trinajstić information content (AvgIpc) is 3.16. The van der Waals surface area contributed by atoms with Crippen molar-refractivity contribution in [2.75, 3.05) is 18.6 Å². The molecule has 4 unspecified atom stereocenters. The first-order valence-corrected chi connectivity index (χ1v) is 11.1. The summed E-state index contributed by atoms with van der Waals surface area (Å²) in [6.07, 6.45) is 2.44. The second kappa shape index (κ2) is 12.4. The van der Waals surface area contributed by atoms with Crippen LogP contribution in [-0.2, 0) is 24.0 Å². The molecular weight excluding hydrogens is 416 g/mol. The van der Waals surface area contributed by atoms with Crippen LogP contribution >= 0.6 is 11.8 Å². The van der Waals surface area contributed by atoms with Crippen LogP contribution < -0.4 is 16.4 Å². The highest BCUT2D eigenvalue weighted by molar-refractivity contribution is 7.98. The van der Waals surface area contributed by atoms with E-state index in [0.717, 1.165) is 0 Å². The van der Waals surface area contributed by atoms with Crippen LogP contribution in [-0.4, -0.2) is 87.5 Å². The van der Waals surface area contributed by atoms with Gasteiger partial charge in [-0.15, -0.1) is 0 Å². The fourth-order valence-corrected chi connectivity index (χ4v) is 3.56. The largest absolute Gasteiger partial charge is 0.481 e. The molecule has 1 fully saturated rings. The minimum Gasteiger partial charge on any atom is -0.481 e. The number of carboxylic acids is 2. The van der Waals surface area contributed by atoms with Gasteiger partial charge in [0.15, 0.2) is 0 Å². The number of nitrogens with one attached hydrogen (secondary N) is 2. The third-order valence-corrected chi connectivity index (χ3v) is 5.38. The molecule has 0 bridgehead atoms. The Bertz CT molecular complexity index is 658. The molecule has 1 heterocycles. The number of aliphatic carboxylic acids is 2. The van der Waals surface area contributed by atoms with E-state index >= 15 is 0 Å². The molecule has 0 aromatic rings. The zero-order valence-electron chi connectivity index (χ0n) is 17.1. The van der Waals surface area contributed by atoms with Gasteiger partial charge in [-0.3, -0.25) is 19.2 Å². The molecule has 0 saturated carbocycles. The van der Waals surface area contributed by atoms with Gasteiger partial charge < -0.3 is 31.5 Å². The predicted octanol–water partition coefficient (Wildman–Crippen LogP) is -1.00. The molecule has 0 radical (unpaired) electrons. The average molecular weight is 447 g/mol. The van der Waals surface area contributed by atoms with E-state index in [1.54, 1.807) is 0 Å². The summed E-state index contributed by atoms with van der Waals surface area (Å²) in [6.45, 7) is 1.80. The van der Waals surface area contributed by atoms with Crippen molar-refractivity contribution >= 4 is 41.4 Å². The maximum Gasteiger partial charge on any atom is 0.326 e.